The molecule has 1 aromatic carbocycles. The molecule has 5 heteroatoms. The molecule has 1 aliphatic carbocycles. The number of pyridine rings is 1. The summed E-state index contributed by atoms with van der Waals surface area (Å²) in [4.78, 5) is 27.1. The Morgan fingerprint density at radius 2 is 2.11 bits per heavy atom. The second kappa shape index (κ2) is 4.35. The summed E-state index contributed by atoms with van der Waals surface area (Å²) in [6, 6.07) is 6.53. The van der Waals surface area contributed by atoms with Gasteiger partial charge in [0.2, 0.25) is 5.91 Å². The zero-order valence-electron chi connectivity index (χ0n) is 10.1. The number of nitrogens with one attached hydrogen (secondary N) is 1. The fraction of sp³-hybridized carbons (Fsp3) is 0.214. The Balaban J connectivity index is 2.08. The Morgan fingerprint density at radius 1 is 1.32 bits per heavy atom. The molecule has 1 amide bonds. The van der Waals surface area contributed by atoms with Crippen LogP contribution in [0.2, 0.25) is 0 Å². The molecule has 0 spiro atoms. The number of benzene rings is 1. The molecule has 0 bridgehead atoms. The van der Waals surface area contributed by atoms with E-state index >= 15 is 0 Å². The average molecular weight is 256 g/mol. The first-order chi connectivity index (χ1) is 9.15. The smallest absolute Gasteiger partial charge is 0.335 e. The highest BCUT2D eigenvalue weighted by Gasteiger charge is 2.30. The van der Waals surface area contributed by atoms with Gasteiger partial charge in [-0.25, -0.2) is 4.79 Å². The van der Waals surface area contributed by atoms with E-state index in [1.807, 2.05) is 0 Å². The van der Waals surface area contributed by atoms with Crippen molar-refractivity contribution in [2.24, 2.45) is 5.92 Å². The van der Waals surface area contributed by atoms with E-state index < -0.39 is 5.97 Å². The maximum Gasteiger partial charge on any atom is 0.335 e. The number of carboxylic acids is 1. The average Bonchev–Trinajstić information content (AvgIpc) is 3.22. The predicted molar refractivity (Wildman–Crippen MR) is 70.1 cm³/mol. The standard InChI is InChI=1S/C14H12N2O3/c17-13(8-3-4-8)16-11-7-10(14(18)19)6-9-2-1-5-15-12(9)11/h1-2,5-8H,3-4H2,(H,16,17)(H,18,19). The first-order valence-corrected chi connectivity index (χ1v) is 6.08. The van der Waals surface area contributed by atoms with Gasteiger partial charge in [0, 0.05) is 17.5 Å². The quantitative estimate of drug-likeness (QED) is 0.883. The zero-order valence-corrected chi connectivity index (χ0v) is 10.1. The van der Waals surface area contributed by atoms with E-state index in [2.05, 4.69) is 10.3 Å². The predicted octanol–water partition coefficient (Wildman–Crippen LogP) is 2.28. The van der Waals surface area contributed by atoms with Gasteiger partial charge < -0.3 is 10.4 Å². The van der Waals surface area contributed by atoms with Crippen molar-refractivity contribution < 1.29 is 14.7 Å². The van der Waals surface area contributed by atoms with Gasteiger partial charge in [-0.05, 0) is 31.0 Å². The van der Waals surface area contributed by atoms with Gasteiger partial charge in [-0.1, -0.05) is 6.07 Å². The molecule has 1 heterocycles. The molecule has 0 atom stereocenters. The number of amides is 1. The molecule has 96 valence electrons. The lowest BCUT2D eigenvalue weighted by Crippen LogP contribution is -2.14. The highest BCUT2D eigenvalue weighted by Crippen LogP contribution is 2.31. The minimum absolute atomic E-state index is 0.0607. The van der Waals surface area contributed by atoms with Crippen LogP contribution in [-0.2, 0) is 4.79 Å². The van der Waals surface area contributed by atoms with Crippen LogP contribution in [-0.4, -0.2) is 22.0 Å². The third-order valence-electron chi connectivity index (χ3n) is 3.16. The Morgan fingerprint density at radius 3 is 2.79 bits per heavy atom. The lowest BCUT2D eigenvalue weighted by Gasteiger charge is -2.09. The van der Waals surface area contributed by atoms with Gasteiger partial charge in [0.25, 0.3) is 0 Å². The Kier molecular flexibility index (Phi) is 2.67. The normalized spacial score (nSPS) is 14.3. The van der Waals surface area contributed by atoms with E-state index in [1.54, 1.807) is 24.4 Å². The van der Waals surface area contributed by atoms with Crippen LogP contribution in [0.25, 0.3) is 10.9 Å². The van der Waals surface area contributed by atoms with Crippen LogP contribution in [0.15, 0.2) is 30.5 Å². The Labute approximate surface area is 109 Å². The van der Waals surface area contributed by atoms with Crippen LogP contribution in [0.1, 0.15) is 23.2 Å². The molecule has 1 fully saturated rings. The largest absolute Gasteiger partial charge is 0.478 e. The second-order valence-electron chi connectivity index (χ2n) is 4.67. The number of anilines is 1. The Hall–Kier alpha value is -2.43. The van der Waals surface area contributed by atoms with E-state index in [-0.39, 0.29) is 17.4 Å². The number of hydrogen-bond acceptors (Lipinski definition) is 3. The molecule has 2 N–H and O–H groups in total. The second-order valence-corrected chi connectivity index (χ2v) is 4.67. The number of nitrogens with zero attached hydrogens (tertiary/aromatic N) is 1. The summed E-state index contributed by atoms with van der Waals surface area (Å²) in [5, 5.41) is 12.6. The number of carbonyl (C=O) groups excluding carboxylic acids is 1. The van der Waals surface area contributed by atoms with Crippen molar-refractivity contribution in [3.05, 3.63) is 36.0 Å². The van der Waals surface area contributed by atoms with Crippen molar-refractivity contribution in [1.82, 2.24) is 4.98 Å². The van der Waals surface area contributed by atoms with Crippen LogP contribution < -0.4 is 5.32 Å². The molecule has 2 aromatic rings. The SMILES string of the molecule is O=C(O)c1cc(NC(=O)C2CC2)c2ncccc2c1. The van der Waals surface area contributed by atoms with Crippen molar-refractivity contribution >= 4 is 28.5 Å². The molecule has 1 saturated carbocycles. The summed E-state index contributed by atoms with van der Waals surface area (Å²) in [6.07, 6.45) is 3.42. The fourth-order valence-electron chi connectivity index (χ4n) is 1.99. The van der Waals surface area contributed by atoms with E-state index in [9.17, 15) is 9.59 Å². The van der Waals surface area contributed by atoms with Crippen LogP contribution in [0.5, 0.6) is 0 Å². The summed E-state index contributed by atoms with van der Waals surface area (Å²) in [5.41, 5.74) is 1.22. The minimum Gasteiger partial charge on any atom is -0.478 e. The molecule has 1 aliphatic rings. The minimum atomic E-state index is -1.02. The number of hydrogen-bond donors (Lipinski definition) is 2. The number of aromatic carboxylic acids is 1. The lowest BCUT2D eigenvalue weighted by molar-refractivity contribution is -0.117. The molecular weight excluding hydrogens is 244 g/mol. The van der Waals surface area contributed by atoms with Crippen molar-refractivity contribution in [2.45, 2.75) is 12.8 Å². The maximum atomic E-state index is 11.8. The van der Waals surface area contributed by atoms with Gasteiger partial charge in [0.15, 0.2) is 0 Å². The van der Waals surface area contributed by atoms with Crippen LogP contribution in [0.4, 0.5) is 5.69 Å². The number of aromatic nitrogens is 1. The maximum absolute atomic E-state index is 11.8. The summed E-state index contributed by atoms with van der Waals surface area (Å²) < 4.78 is 0. The van der Waals surface area contributed by atoms with E-state index in [4.69, 9.17) is 5.11 Å². The molecule has 0 unspecified atom stereocenters. The third-order valence-corrected chi connectivity index (χ3v) is 3.16. The summed E-state index contributed by atoms with van der Waals surface area (Å²) in [7, 11) is 0. The van der Waals surface area contributed by atoms with Crippen LogP contribution in [0.3, 0.4) is 0 Å². The summed E-state index contributed by atoms with van der Waals surface area (Å²) >= 11 is 0. The lowest BCUT2D eigenvalue weighted by atomic mass is 10.1. The first-order valence-electron chi connectivity index (χ1n) is 6.08. The molecule has 3 rings (SSSR count). The molecule has 1 aromatic heterocycles. The fourth-order valence-corrected chi connectivity index (χ4v) is 1.99. The van der Waals surface area contributed by atoms with Gasteiger partial charge in [-0.3, -0.25) is 9.78 Å². The van der Waals surface area contributed by atoms with Gasteiger partial charge in [-0.15, -0.1) is 0 Å². The van der Waals surface area contributed by atoms with E-state index in [0.29, 0.717) is 16.6 Å². The summed E-state index contributed by atoms with van der Waals surface area (Å²) in [6.45, 7) is 0. The van der Waals surface area contributed by atoms with Gasteiger partial charge in [0.05, 0.1) is 16.8 Å². The number of rotatable bonds is 3. The van der Waals surface area contributed by atoms with E-state index in [0.717, 1.165) is 12.8 Å². The van der Waals surface area contributed by atoms with Crippen molar-refractivity contribution in [2.75, 3.05) is 5.32 Å². The van der Waals surface area contributed by atoms with Gasteiger partial charge in [-0.2, -0.15) is 0 Å². The Bertz CT molecular complexity index is 677. The van der Waals surface area contributed by atoms with E-state index in [1.165, 1.54) is 6.07 Å². The summed E-state index contributed by atoms with van der Waals surface area (Å²) in [5.74, 6) is -1.02. The zero-order chi connectivity index (χ0) is 13.4. The van der Waals surface area contributed by atoms with Crippen molar-refractivity contribution in [3.63, 3.8) is 0 Å². The first kappa shape index (κ1) is 11.6. The number of carboxylic acid groups (broad SMARTS) is 1. The molecule has 0 aliphatic heterocycles. The molecule has 0 saturated heterocycles. The van der Waals surface area contributed by atoms with Crippen LogP contribution >= 0.6 is 0 Å². The number of fused-ring (bicyclic) bond motifs is 1. The molecule has 0 radical (unpaired) electrons. The monoisotopic (exact) mass is 256 g/mol. The molecule has 19 heavy (non-hydrogen) atoms. The van der Waals surface area contributed by atoms with Crippen molar-refractivity contribution in [3.8, 4) is 0 Å². The topological polar surface area (TPSA) is 79.3 Å². The van der Waals surface area contributed by atoms with Crippen molar-refractivity contribution in [1.29, 1.82) is 0 Å². The van der Waals surface area contributed by atoms with Gasteiger partial charge >= 0.3 is 5.97 Å². The van der Waals surface area contributed by atoms with Crippen LogP contribution in [0, 0.1) is 5.92 Å². The molecule has 5 nitrogen and oxygen atoms in total. The highest BCUT2D eigenvalue weighted by molar-refractivity contribution is 6.05. The van der Waals surface area contributed by atoms with Gasteiger partial charge in [0.1, 0.15) is 0 Å². The highest BCUT2D eigenvalue weighted by atomic mass is 16.4. The number of carbonyl (C=O) groups is 2. The molecular formula is C14H12N2O3. The third kappa shape index (κ3) is 2.27.